The highest BCUT2D eigenvalue weighted by molar-refractivity contribution is 6.31. The number of amides is 2. The summed E-state index contributed by atoms with van der Waals surface area (Å²) < 4.78 is 10.1. The van der Waals surface area contributed by atoms with Crippen LogP contribution in [0.1, 0.15) is 20.8 Å². The summed E-state index contributed by atoms with van der Waals surface area (Å²) in [5.74, 6) is 0.0615. The quantitative estimate of drug-likeness (QED) is 0.896. The topological polar surface area (TPSA) is 76.7 Å². The van der Waals surface area contributed by atoms with Gasteiger partial charge in [-0.25, -0.2) is 4.79 Å². The maximum Gasteiger partial charge on any atom is 0.408 e. The largest absolute Gasteiger partial charge is 0.495 e. The summed E-state index contributed by atoms with van der Waals surface area (Å²) in [6.07, 6.45) is -0.657. The van der Waals surface area contributed by atoms with E-state index in [9.17, 15) is 9.59 Å². The van der Waals surface area contributed by atoms with Crippen molar-refractivity contribution in [3.63, 3.8) is 0 Å². The summed E-state index contributed by atoms with van der Waals surface area (Å²) in [7, 11) is 1.48. The maximum atomic E-state index is 11.8. The predicted molar refractivity (Wildman–Crippen MR) is 80.9 cm³/mol. The number of methoxy groups -OCH3 is 1. The number of carbonyl (C=O) groups excluding carboxylic acids is 2. The lowest BCUT2D eigenvalue weighted by Gasteiger charge is -2.19. The fourth-order valence-electron chi connectivity index (χ4n) is 1.44. The molecule has 6 nitrogen and oxygen atoms in total. The zero-order valence-electron chi connectivity index (χ0n) is 12.5. The van der Waals surface area contributed by atoms with E-state index in [1.54, 1.807) is 39.0 Å². The van der Waals surface area contributed by atoms with E-state index in [1.807, 2.05) is 0 Å². The van der Waals surface area contributed by atoms with Crippen molar-refractivity contribution in [2.24, 2.45) is 0 Å². The van der Waals surface area contributed by atoms with Crippen molar-refractivity contribution < 1.29 is 19.1 Å². The van der Waals surface area contributed by atoms with Crippen molar-refractivity contribution >= 4 is 29.3 Å². The minimum Gasteiger partial charge on any atom is -0.495 e. The standard InChI is InChI=1S/C14H19ClN2O4/c1-14(2,3)21-13(19)16-8-12(18)17-10-7-9(15)5-6-11(10)20-4/h5-7H,8H2,1-4H3,(H,16,19)(H,17,18). The number of benzene rings is 1. The maximum absolute atomic E-state index is 11.8. The van der Waals surface area contributed by atoms with E-state index in [0.29, 0.717) is 16.5 Å². The number of nitrogens with one attached hydrogen (secondary N) is 2. The molecule has 1 aromatic carbocycles. The Bertz CT molecular complexity index is 526. The minimum absolute atomic E-state index is 0.218. The Morgan fingerprint density at radius 1 is 1.29 bits per heavy atom. The van der Waals surface area contributed by atoms with E-state index in [1.165, 1.54) is 7.11 Å². The third kappa shape index (κ3) is 6.35. The summed E-state index contributed by atoms with van der Waals surface area (Å²) in [5, 5.41) is 5.43. The number of alkyl carbamates (subject to hydrolysis) is 1. The molecule has 21 heavy (non-hydrogen) atoms. The Morgan fingerprint density at radius 3 is 2.52 bits per heavy atom. The monoisotopic (exact) mass is 314 g/mol. The predicted octanol–water partition coefficient (Wildman–Crippen LogP) is 2.81. The lowest BCUT2D eigenvalue weighted by atomic mass is 10.2. The molecule has 0 saturated heterocycles. The number of ether oxygens (including phenoxy) is 2. The average Bonchev–Trinajstić information content (AvgIpc) is 2.35. The van der Waals surface area contributed by atoms with Gasteiger partial charge >= 0.3 is 6.09 Å². The highest BCUT2D eigenvalue weighted by atomic mass is 35.5. The van der Waals surface area contributed by atoms with Crippen molar-refractivity contribution in [2.45, 2.75) is 26.4 Å². The van der Waals surface area contributed by atoms with Crippen molar-refractivity contribution in [1.29, 1.82) is 0 Å². The van der Waals surface area contributed by atoms with Crippen molar-refractivity contribution in [3.05, 3.63) is 23.2 Å². The Hall–Kier alpha value is -1.95. The van der Waals surface area contributed by atoms with E-state index in [0.717, 1.165) is 0 Å². The molecule has 0 aliphatic rings. The number of hydrogen-bond donors (Lipinski definition) is 2. The van der Waals surface area contributed by atoms with Crippen LogP contribution in [0.4, 0.5) is 10.5 Å². The molecule has 7 heteroatoms. The smallest absolute Gasteiger partial charge is 0.408 e. The molecule has 0 aromatic heterocycles. The molecule has 0 atom stereocenters. The third-order valence-corrected chi connectivity index (χ3v) is 2.46. The Morgan fingerprint density at radius 2 is 1.95 bits per heavy atom. The third-order valence-electron chi connectivity index (χ3n) is 2.23. The first-order chi connectivity index (χ1) is 9.71. The van der Waals surface area contributed by atoms with E-state index in [-0.39, 0.29) is 6.54 Å². The van der Waals surface area contributed by atoms with Crippen LogP contribution in [0, 0.1) is 0 Å². The molecule has 0 aliphatic heterocycles. The molecule has 0 fully saturated rings. The number of halogens is 1. The van der Waals surface area contributed by atoms with Gasteiger partial charge in [0.05, 0.1) is 12.8 Å². The van der Waals surface area contributed by atoms with Crippen LogP contribution < -0.4 is 15.4 Å². The molecule has 0 radical (unpaired) electrons. The second-order valence-corrected chi connectivity index (χ2v) is 5.68. The first-order valence-corrected chi connectivity index (χ1v) is 6.69. The van der Waals surface area contributed by atoms with E-state index >= 15 is 0 Å². The molecular formula is C14H19ClN2O4. The van der Waals surface area contributed by atoms with Gasteiger partial charge in [0.2, 0.25) is 5.91 Å². The van der Waals surface area contributed by atoms with Gasteiger partial charge in [0.1, 0.15) is 17.9 Å². The molecule has 2 amide bonds. The van der Waals surface area contributed by atoms with Crippen LogP contribution in [0.25, 0.3) is 0 Å². The van der Waals surface area contributed by atoms with Crippen molar-refractivity contribution in [1.82, 2.24) is 5.32 Å². The molecule has 0 saturated carbocycles. The Balaban J connectivity index is 2.55. The van der Waals surface area contributed by atoms with Gasteiger partial charge in [0.15, 0.2) is 0 Å². The normalized spacial score (nSPS) is 10.7. The molecule has 2 N–H and O–H groups in total. The molecule has 0 heterocycles. The fraction of sp³-hybridized carbons (Fsp3) is 0.429. The summed E-state index contributed by atoms with van der Waals surface area (Å²) >= 11 is 5.86. The van der Waals surface area contributed by atoms with Crippen LogP contribution >= 0.6 is 11.6 Å². The summed E-state index contributed by atoms with van der Waals surface area (Å²) in [6, 6.07) is 4.85. The first-order valence-electron chi connectivity index (χ1n) is 6.31. The summed E-state index contributed by atoms with van der Waals surface area (Å²) in [5.41, 5.74) is -0.183. The molecule has 1 aromatic rings. The summed E-state index contributed by atoms with van der Waals surface area (Å²) in [6.45, 7) is 5.00. The average molecular weight is 315 g/mol. The molecule has 0 bridgehead atoms. The molecule has 0 aliphatic carbocycles. The zero-order valence-corrected chi connectivity index (χ0v) is 13.2. The highest BCUT2D eigenvalue weighted by Gasteiger charge is 2.17. The van der Waals surface area contributed by atoms with E-state index in [2.05, 4.69) is 10.6 Å². The second kappa shape index (κ2) is 7.17. The highest BCUT2D eigenvalue weighted by Crippen LogP contribution is 2.27. The van der Waals surface area contributed by atoms with Gasteiger partial charge in [-0.1, -0.05) is 11.6 Å². The molecular weight excluding hydrogens is 296 g/mol. The first kappa shape index (κ1) is 17.1. The van der Waals surface area contributed by atoms with Gasteiger partial charge in [0, 0.05) is 5.02 Å². The van der Waals surface area contributed by atoms with Crippen LogP contribution in [0.5, 0.6) is 5.75 Å². The van der Waals surface area contributed by atoms with Gasteiger partial charge in [-0.05, 0) is 39.0 Å². The number of hydrogen-bond acceptors (Lipinski definition) is 4. The molecule has 116 valence electrons. The minimum atomic E-state index is -0.657. The Kier molecular flexibility index (Phi) is 5.84. The van der Waals surface area contributed by atoms with Crippen LogP contribution in [0.15, 0.2) is 18.2 Å². The van der Waals surface area contributed by atoms with Crippen LogP contribution in [0.2, 0.25) is 5.02 Å². The van der Waals surface area contributed by atoms with E-state index < -0.39 is 17.6 Å². The van der Waals surface area contributed by atoms with Gasteiger partial charge in [-0.15, -0.1) is 0 Å². The Labute approximate surface area is 128 Å². The fourth-order valence-corrected chi connectivity index (χ4v) is 1.61. The molecule has 0 spiro atoms. The molecule has 0 unspecified atom stereocenters. The van der Waals surface area contributed by atoms with Gasteiger partial charge < -0.3 is 20.1 Å². The van der Waals surface area contributed by atoms with Gasteiger partial charge in [0.25, 0.3) is 0 Å². The lowest BCUT2D eigenvalue weighted by molar-refractivity contribution is -0.115. The number of carbonyl (C=O) groups is 2. The van der Waals surface area contributed by atoms with E-state index in [4.69, 9.17) is 21.1 Å². The number of rotatable bonds is 4. The van der Waals surface area contributed by atoms with Crippen LogP contribution in [0.3, 0.4) is 0 Å². The SMILES string of the molecule is COc1ccc(Cl)cc1NC(=O)CNC(=O)OC(C)(C)C. The second-order valence-electron chi connectivity index (χ2n) is 5.25. The van der Waals surface area contributed by atoms with Crippen molar-refractivity contribution in [3.8, 4) is 5.75 Å². The zero-order chi connectivity index (χ0) is 16.0. The summed E-state index contributed by atoms with van der Waals surface area (Å²) in [4.78, 5) is 23.2. The van der Waals surface area contributed by atoms with Gasteiger partial charge in [-0.2, -0.15) is 0 Å². The lowest BCUT2D eigenvalue weighted by Crippen LogP contribution is -2.37. The number of anilines is 1. The molecule has 1 rings (SSSR count). The van der Waals surface area contributed by atoms with Crippen LogP contribution in [-0.2, 0) is 9.53 Å². The van der Waals surface area contributed by atoms with Crippen LogP contribution in [-0.4, -0.2) is 31.3 Å². The van der Waals surface area contributed by atoms with Gasteiger partial charge in [-0.3, -0.25) is 4.79 Å². The van der Waals surface area contributed by atoms with Crippen molar-refractivity contribution in [2.75, 3.05) is 19.0 Å².